The lowest BCUT2D eigenvalue weighted by Crippen LogP contribution is -2.49. The average Bonchev–Trinajstić information content (AvgIpc) is 1.57. The number of hydrogen-bond acceptors (Lipinski definition) is 12. The van der Waals surface area contributed by atoms with Crippen LogP contribution in [0, 0.1) is 23.3 Å². The summed E-state index contributed by atoms with van der Waals surface area (Å²) in [5.74, 6) is -8.85. The Hall–Kier alpha value is -6.76. The molecule has 0 radical (unpaired) electrons. The van der Waals surface area contributed by atoms with Crippen LogP contribution < -0.4 is 41.0 Å². The molecular weight excluding hydrogens is 1160 g/mol. The third kappa shape index (κ3) is 12.1. The number of rotatable bonds is 18. The molecule has 2 saturated carbocycles. The van der Waals surface area contributed by atoms with E-state index in [1.165, 1.54) is 14.2 Å². The Morgan fingerprint density at radius 2 is 0.917 bits per heavy atom. The van der Waals surface area contributed by atoms with Crippen LogP contribution in [-0.2, 0) is 20.7 Å². The summed E-state index contributed by atoms with van der Waals surface area (Å²) in [4.78, 5) is 24.8. The second-order valence-electron chi connectivity index (χ2n) is 20.7. The maximum atomic E-state index is 15.9. The largest absolute Gasteiger partial charge is 0.478 e. The monoisotopic (exact) mass is 1220 g/mol. The molecule has 2 fully saturated rings. The number of halogens is 10. The van der Waals surface area contributed by atoms with E-state index in [0.717, 1.165) is 36.4 Å². The van der Waals surface area contributed by atoms with E-state index >= 15 is 17.6 Å². The number of methoxy groups -OCH3 is 2. The third-order valence-corrected chi connectivity index (χ3v) is 16.5. The van der Waals surface area contributed by atoms with Gasteiger partial charge in [0.2, 0.25) is 11.8 Å². The van der Waals surface area contributed by atoms with E-state index < -0.39 is 116 Å². The Morgan fingerprint density at radius 3 is 1.23 bits per heavy atom. The van der Waals surface area contributed by atoms with Gasteiger partial charge in [0, 0.05) is 84.9 Å². The van der Waals surface area contributed by atoms with E-state index in [1.54, 1.807) is 48.5 Å². The molecule has 6 aromatic rings. The molecule has 2 aliphatic heterocycles. The summed E-state index contributed by atoms with van der Waals surface area (Å²) in [6.07, 6.45) is 2.54. The van der Waals surface area contributed by atoms with Gasteiger partial charge in [-0.25, -0.2) is 17.6 Å². The van der Waals surface area contributed by atoms with Crippen molar-refractivity contribution in [3.05, 3.63) is 164 Å². The van der Waals surface area contributed by atoms with E-state index in [1.807, 2.05) is 12.1 Å². The van der Waals surface area contributed by atoms with Gasteiger partial charge in [0.15, 0.2) is 34.3 Å². The van der Waals surface area contributed by atoms with Crippen LogP contribution in [0.5, 0.6) is 23.0 Å². The first-order valence-corrected chi connectivity index (χ1v) is 27.5. The second-order valence-corrected chi connectivity index (χ2v) is 21.5. The van der Waals surface area contributed by atoms with Crippen molar-refractivity contribution in [2.75, 3.05) is 27.3 Å². The van der Waals surface area contributed by atoms with Gasteiger partial charge in [0.25, 0.3) is 0 Å². The van der Waals surface area contributed by atoms with Crippen molar-refractivity contribution >= 4 is 35.0 Å². The first-order chi connectivity index (χ1) is 40.1. The SMILES string of the molecule is CO[C@H]1c2c(cc(F)c(Cl)c2-c2c(C(N)=O)ccc(OC(F)F)c2F)O[C@]1(CNC1CCC(O)CC1)c1ccccc1.CO[C@H]1c2c(cc(F)c(Cl)c2-c2c(C(N)=O)ccc(OC(F)F)c2F)O[C@]1(CNC1CCC(O)CC1)c1ccccc1. The molecule has 2 aliphatic carbocycles. The highest BCUT2D eigenvalue weighted by Crippen LogP contribution is 2.59. The van der Waals surface area contributed by atoms with Gasteiger partial charge in [0.1, 0.15) is 35.3 Å². The quantitative estimate of drug-likeness (QED) is 0.0445. The minimum absolute atomic E-state index is 0.0423. The number of primary amides is 2. The predicted molar refractivity (Wildman–Crippen MR) is 293 cm³/mol. The summed E-state index contributed by atoms with van der Waals surface area (Å²) >= 11 is 12.9. The Kier molecular flexibility index (Phi) is 19.0. The Morgan fingerprint density at radius 1 is 0.571 bits per heavy atom. The topological polar surface area (TPSA) is 206 Å². The van der Waals surface area contributed by atoms with Gasteiger partial charge >= 0.3 is 13.2 Å². The van der Waals surface area contributed by atoms with Crippen LogP contribution in [0.2, 0.25) is 10.0 Å². The number of fused-ring (bicyclic) bond motifs is 2. The second kappa shape index (κ2) is 25.8. The van der Waals surface area contributed by atoms with Crippen LogP contribution in [0.25, 0.3) is 22.3 Å². The molecule has 448 valence electrons. The van der Waals surface area contributed by atoms with Gasteiger partial charge in [-0.1, -0.05) is 83.9 Å². The van der Waals surface area contributed by atoms with Crippen LogP contribution in [-0.4, -0.2) is 86.9 Å². The molecule has 4 aliphatic rings. The van der Waals surface area contributed by atoms with Crippen LogP contribution in [0.3, 0.4) is 0 Å². The van der Waals surface area contributed by atoms with E-state index in [9.17, 15) is 37.4 Å². The van der Waals surface area contributed by atoms with E-state index in [-0.39, 0.29) is 71.1 Å². The molecular formula is C60H58Cl2F8N4O10. The Bertz CT molecular complexity index is 3160. The number of ether oxygens (including phenoxy) is 6. The first-order valence-electron chi connectivity index (χ1n) is 26.7. The molecule has 0 aromatic heterocycles. The van der Waals surface area contributed by atoms with Crippen LogP contribution in [0.4, 0.5) is 35.1 Å². The van der Waals surface area contributed by atoms with Crippen molar-refractivity contribution in [3.63, 3.8) is 0 Å². The zero-order chi connectivity index (χ0) is 60.4. The number of carbonyl (C=O) groups excluding carboxylic acids is 2. The number of nitrogens with two attached hydrogens (primary N) is 2. The summed E-state index contributed by atoms with van der Waals surface area (Å²) in [5.41, 5.74) is 7.12. The smallest absolute Gasteiger partial charge is 0.387 e. The molecule has 24 heteroatoms. The molecule has 0 bridgehead atoms. The highest BCUT2D eigenvalue weighted by atomic mass is 35.5. The van der Waals surface area contributed by atoms with Crippen molar-refractivity contribution in [2.24, 2.45) is 11.5 Å². The Balaban J connectivity index is 0.000000202. The Labute approximate surface area is 487 Å². The predicted octanol–water partition coefficient (Wildman–Crippen LogP) is 11.7. The van der Waals surface area contributed by atoms with Gasteiger partial charge in [-0.05, 0) is 86.8 Å². The number of alkyl halides is 4. The van der Waals surface area contributed by atoms with Gasteiger partial charge in [-0.15, -0.1) is 0 Å². The number of nitrogens with one attached hydrogen (secondary N) is 2. The minimum atomic E-state index is -3.38. The number of aliphatic hydroxyl groups is 2. The van der Waals surface area contributed by atoms with Crippen molar-refractivity contribution in [1.82, 2.24) is 10.6 Å². The standard InChI is InChI=1S/2C30H29ClF4N2O5/c2*1-40-27-23-21(42-30(27,15-5-3-2-4-6-15)14-37-16-7-9-17(38)10-8-16)13-19(32)25(31)24(23)22-18(28(36)39)11-12-20(26(22)33)41-29(34)35/h2*2-6,11-13,16-17,27,29,37-38H,7-10,14H2,1H3,(H2,36,39)/t2*16?,17?,27-,30+/m00/s1. The number of hydrogen-bond donors (Lipinski definition) is 6. The minimum Gasteiger partial charge on any atom is -0.478 e. The van der Waals surface area contributed by atoms with E-state index in [0.29, 0.717) is 62.5 Å². The number of carbonyl (C=O) groups is 2. The van der Waals surface area contributed by atoms with Gasteiger partial charge in [-0.2, -0.15) is 17.6 Å². The maximum Gasteiger partial charge on any atom is 0.387 e. The van der Waals surface area contributed by atoms with Crippen LogP contribution >= 0.6 is 23.2 Å². The molecule has 2 heterocycles. The van der Waals surface area contributed by atoms with Crippen LogP contribution in [0.15, 0.2) is 97.1 Å². The summed E-state index contributed by atoms with van der Waals surface area (Å²) < 4.78 is 149. The fraction of sp³-hybridized carbons (Fsp3) is 0.367. The van der Waals surface area contributed by atoms with Gasteiger partial charge in [-0.3, -0.25) is 9.59 Å². The van der Waals surface area contributed by atoms with Crippen molar-refractivity contribution in [3.8, 4) is 45.3 Å². The van der Waals surface area contributed by atoms with E-state index in [2.05, 4.69) is 20.1 Å². The van der Waals surface area contributed by atoms with Crippen molar-refractivity contribution in [1.29, 1.82) is 0 Å². The summed E-state index contributed by atoms with van der Waals surface area (Å²) in [6, 6.07) is 23.8. The molecule has 0 spiro atoms. The lowest BCUT2D eigenvalue weighted by molar-refractivity contribution is -0.0578. The number of aliphatic hydroxyl groups excluding tert-OH is 2. The summed E-state index contributed by atoms with van der Waals surface area (Å²) in [5, 5.41) is 25.7. The number of amides is 2. The molecule has 4 atom stereocenters. The third-order valence-electron chi connectivity index (χ3n) is 15.8. The van der Waals surface area contributed by atoms with Crippen molar-refractivity contribution in [2.45, 2.75) is 112 Å². The van der Waals surface area contributed by atoms with Crippen LogP contribution in [0.1, 0.15) is 107 Å². The molecule has 84 heavy (non-hydrogen) atoms. The molecule has 8 N–H and O–H groups in total. The summed E-state index contributed by atoms with van der Waals surface area (Å²) in [7, 11) is 2.78. The molecule has 14 nitrogen and oxygen atoms in total. The fourth-order valence-corrected chi connectivity index (χ4v) is 12.4. The molecule has 6 aromatic carbocycles. The fourth-order valence-electron chi connectivity index (χ4n) is 11.9. The summed E-state index contributed by atoms with van der Waals surface area (Å²) in [6.45, 7) is -6.45. The molecule has 10 rings (SSSR count). The lowest BCUT2D eigenvalue weighted by atomic mass is 9.82. The molecule has 0 saturated heterocycles. The molecule has 0 unspecified atom stereocenters. The highest BCUT2D eigenvalue weighted by molar-refractivity contribution is 6.34. The number of benzene rings is 6. The maximum absolute atomic E-state index is 15.9. The van der Waals surface area contributed by atoms with Crippen molar-refractivity contribution < 1.29 is 83.3 Å². The van der Waals surface area contributed by atoms with E-state index in [4.69, 9.17) is 53.6 Å². The van der Waals surface area contributed by atoms with Gasteiger partial charge < -0.3 is 60.7 Å². The zero-order valence-corrected chi connectivity index (χ0v) is 46.5. The van der Waals surface area contributed by atoms with Gasteiger partial charge in [0.05, 0.1) is 33.4 Å². The zero-order valence-electron chi connectivity index (χ0n) is 45.0. The average molecular weight is 1220 g/mol. The lowest BCUT2D eigenvalue weighted by Gasteiger charge is -2.37. The normalized spacial score (nSPS) is 23.5. The first kappa shape index (κ1) is 61.8. The highest BCUT2D eigenvalue weighted by Gasteiger charge is 2.55. The molecule has 2 amide bonds.